The number of nitrogens with zero attached hydrogens (tertiary/aromatic N) is 1. The quantitative estimate of drug-likeness (QED) is 0.785. The van der Waals surface area contributed by atoms with Gasteiger partial charge in [0.15, 0.2) is 0 Å². The lowest BCUT2D eigenvalue weighted by atomic mass is 10.0. The Balaban J connectivity index is 2.09. The van der Waals surface area contributed by atoms with Crippen LogP contribution in [0.1, 0.15) is 11.1 Å². The van der Waals surface area contributed by atoms with Crippen molar-refractivity contribution in [3.63, 3.8) is 0 Å². The molecule has 0 aromatic heterocycles. The second-order valence-corrected chi connectivity index (χ2v) is 5.92. The van der Waals surface area contributed by atoms with Crippen LogP contribution in [0.2, 0.25) is 0 Å². The van der Waals surface area contributed by atoms with Crippen LogP contribution in [-0.2, 0) is 9.59 Å². The molecule has 2 amide bonds. The Morgan fingerprint density at radius 3 is 2.20 bits per heavy atom. The van der Waals surface area contributed by atoms with Gasteiger partial charge >= 0.3 is 0 Å². The highest BCUT2D eigenvalue weighted by molar-refractivity contribution is 6.60. The molecule has 6 heteroatoms. The second-order valence-electron chi connectivity index (χ2n) is 5.54. The molecule has 0 spiro atoms. The van der Waals surface area contributed by atoms with E-state index in [4.69, 9.17) is 21.1 Å². The first kappa shape index (κ1) is 17.0. The number of carbonyl (C=O) groups excluding carboxylic acids is 2. The molecule has 0 fully saturated rings. The van der Waals surface area contributed by atoms with Crippen molar-refractivity contribution < 1.29 is 19.1 Å². The van der Waals surface area contributed by atoms with Gasteiger partial charge in [-0.25, -0.2) is 4.90 Å². The van der Waals surface area contributed by atoms with E-state index in [0.29, 0.717) is 17.1 Å². The van der Waals surface area contributed by atoms with Crippen molar-refractivity contribution in [1.82, 2.24) is 0 Å². The molecule has 0 aliphatic carbocycles. The summed E-state index contributed by atoms with van der Waals surface area (Å²) in [6.45, 7) is 1.94. The van der Waals surface area contributed by atoms with Crippen molar-refractivity contribution in [3.8, 4) is 11.5 Å². The summed E-state index contributed by atoms with van der Waals surface area (Å²) in [7, 11) is 2.97. The molecule has 0 saturated heterocycles. The zero-order valence-electron chi connectivity index (χ0n) is 14.0. The van der Waals surface area contributed by atoms with Crippen LogP contribution in [0.3, 0.4) is 0 Å². The number of amides is 2. The monoisotopic (exact) mass is 357 g/mol. The average Bonchev–Trinajstić information content (AvgIpc) is 2.84. The largest absolute Gasteiger partial charge is 0.497 e. The molecule has 1 aliphatic rings. The van der Waals surface area contributed by atoms with Gasteiger partial charge in [0.25, 0.3) is 11.8 Å². The van der Waals surface area contributed by atoms with Crippen molar-refractivity contribution in [1.29, 1.82) is 0 Å². The SMILES string of the molecule is COc1ccc(OC)c(N2C(=O)C(Cl)=C(c3ccc(C)cc3)C2=O)c1. The minimum Gasteiger partial charge on any atom is -0.497 e. The maximum atomic E-state index is 12.9. The maximum absolute atomic E-state index is 12.9. The van der Waals surface area contributed by atoms with Crippen LogP contribution in [0.15, 0.2) is 47.5 Å². The number of aryl methyl sites for hydroxylation is 1. The van der Waals surface area contributed by atoms with Gasteiger partial charge in [0.05, 0.1) is 25.5 Å². The normalized spacial score (nSPS) is 14.3. The van der Waals surface area contributed by atoms with E-state index in [0.717, 1.165) is 10.5 Å². The van der Waals surface area contributed by atoms with Crippen LogP contribution >= 0.6 is 11.6 Å². The van der Waals surface area contributed by atoms with Crippen molar-refractivity contribution >= 4 is 34.7 Å². The molecule has 1 aliphatic heterocycles. The third-order valence-corrected chi connectivity index (χ3v) is 4.35. The van der Waals surface area contributed by atoms with Crippen LogP contribution in [0.25, 0.3) is 5.57 Å². The Kier molecular flexibility index (Phi) is 4.51. The predicted molar refractivity (Wildman–Crippen MR) is 96.0 cm³/mol. The fourth-order valence-electron chi connectivity index (χ4n) is 2.66. The summed E-state index contributed by atoms with van der Waals surface area (Å²) in [5, 5.41) is -0.112. The van der Waals surface area contributed by atoms with Crippen molar-refractivity contribution in [2.45, 2.75) is 6.92 Å². The van der Waals surface area contributed by atoms with E-state index < -0.39 is 11.8 Å². The molecule has 128 valence electrons. The Labute approximate surface area is 150 Å². The van der Waals surface area contributed by atoms with Crippen molar-refractivity contribution in [2.24, 2.45) is 0 Å². The topological polar surface area (TPSA) is 55.8 Å². The van der Waals surface area contributed by atoms with Crippen LogP contribution < -0.4 is 14.4 Å². The maximum Gasteiger partial charge on any atom is 0.277 e. The number of imide groups is 1. The minimum absolute atomic E-state index is 0.112. The lowest BCUT2D eigenvalue weighted by Crippen LogP contribution is -2.31. The molecule has 0 unspecified atom stereocenters. The Morgan fingerprint density at radius 1 is 0.920 bits per heavy atom. The molecular formula is C19H16ClNO4. The number of ether oxygens (including phenoxy) is 2. The van der Waals surface area contributed by atoms with Crippen LogP contribution in [0.5, 0.6) is 11.5 Å². The number of hydrogen-bond donors (Lipinski definition) is 0. The number of carbonyl (C=O) groups is 2. The van der Waals surface area contributed by atoms with Crippen molar-refractivity contribution in [2.75, 3.05) is 19.1 Å². The highest BCUT2D eigenvalue weighted by Crippen LogP contribution is 2.40. The Morgan fingerprint density at radius 2 is 1.60 bits per heavy atom. The Bertz CT molecular complexity index is 887. The standard InChI is InChI=1S/C19H16ClNO4/c1-11-4-6-12(7-5-11)16-17(20)19(23)21(18(16)22)14-10-13(24-2)8-9-15(14)25-3/h4-10H,1-3H3. The molecule has 0 bridgehead atoms. The highest BCUT2D eigenvalue weighted by Gasteiger charge is 2.40. The summed E-state index contributed by atoms with van der Waals surface area (Å²) in [5.74, 6) is -0.215. The molecular weight excluding hydrogens is 342 g/mol. The van der Waals surface area contributed by atoms with Gasteiger partial charge < -0.3 is 9.47 Å². The predicted octanol–water partition coefficient (Wildman–Crippen LogP) is 3.54. The number of hydrogen-bond acceptors (Lipinski definition) is 4. The van der Waals surface area contributed by atoms with Gasteiger partial charge in [-0.1, -0.05) is 41.4 Å². The van der Waals surface area contributed by atoms with Crippen LogP contribution in [0, 0.1) is 6.92 Å². The lowest BCUT2D eigenvalue weighted by Gasteiger charge is -2.19. The van der Waals surface area contributed by atoms with Gasteiger partial charge in [-0.2, -0.15) is 0 Å². The van der Waals surface area contributed by atoms with Gasteiger partial charge in [-0.15, -0.1) is 0 Å². The molecule has 0 atom stereocenters. The van der Waals surface area contributed by atoms with Gasteiger partial charge in [-0.05, 0) is 24.6 Å². The van der Waals surface area contributed by atoms with Gasteiger partial charge in [0, 0.05) is 6.07 Å². The first-order valence-corrected chi connectivity index (χ1v) is 7.93. The molecule has 0 saturated carbocycles. The molecule has 5 nitrogen and oxygen atoms in total. The molecule has 2 aromatic rings. The molecule has 0 radical (unpaired) electrons. The molecule has 0 N–H and O–H groups in total. The smallest absolute Gasteiger partial charge is 0.277 e. The van der Waals surface area contributed by atoms with E-state index in [1.54, 1.807) is 30.3 Å². The van der Waals surface area contributed by atoms with E-state index in [9.17, 15) is 9.59 Å². The number of methoxy groups -OCH3 is 2. The third-order valence-electron chi connectivity index (χ3n) is 3.99. The summed E-state index contributed by atoms with van der Waals surface area (Å²) >= 11 is 6.21. The van der Waals surface area contributed by atoms with E-state index in [1.807, 2.05) is 19.1 Å². The molecule has 25 heavy (non-hydrogen) atoms. The van der Waals surface area contributed by atoms with E-state index in [-0.39, 0.29) is 16.3 Å². The van der Waals surface area contributed by atoms with Crippen LogP contribution in [0.4, 0.5) is 5.69 Å². The van der Waals surface area contributed by atoms with E-state index in [2.05, 4.69) is 0 Å². The Hall–Kier alpha value is -2.79. The fraction of sp³-hybridized carbons (Fsp3) is 0.158. The minimum atomic E-state index is -0.589. The van der Waals surface area contributed by atoms with E-state index in [1.165, 1.54) is 14.2 Å². The number of benzene rings is 2. The van der Waals surface area contributed by atoms with Gasteiger partial charge in [-0.3, -0.25) is 9.59 Å². The lowest BCUT2D eigenvalue weighted by molar-refractivity contribution is -0.119. The molecule has 3 rings (SSSR count). The first-order valence-electron chi connectivity index (χ1n) is 7.55. The van der Waals surface area contributed by atoms with E-state index >= 15 is 0 Å². The summed E-state index contributed by atoms with van der Waals surface area (Å²) < 4.78 is 10.5. The second kappa shape index (κ2) is 6.61. The van der Waals surface area contributed by atoms with Crippen LogP contribution in [-0.4, -0.2) is 26.0 Å². The summed E-state index contributed by atoms with van der Waals surface area (Å²) in [5.41, 5.74) is 2.11. The average molecular weight is 358 g/mol. The fourth-order valence-corrected chi connectivity index (χ4v) is 2.94. The zero-order valence-corrected chi connectivity index (χ0v) is 14.8. The molecule has 2 aromatic carbocycles. The highest BCUT2D eigenvalue weighted by atomic mass is 35.5. The number of rotatable bonds is 4. The number of anilines is 1. The van der Waals surface area contributed by atoms with Gasteiger partial charge in [0.2, 0.25) is 0 Å². The number of halogens is 1. The van der Waals surface area contributed by atoms with Crippen molar-refractivity contribution in [3.05, 3.63) is 58.6 Å². The first-order chi connectivity index (χ1) is 12.0. The summed E-state index contributed by atoms with van der Waals surface area (Å²) in [6.07, 6.45) is 0. The van der Waals surface area contributed by atoms with Gasteiger partial charge in [0.1, 0.15) is 16.5 Å². The third kappa shape index (κ3) is 2.87. The molecule has 1 heterocycles. The summed E-state index contributed by atoms with van der Waals surface area (Å²) in [6, 6.07) is 12.1. The summed E-state index contributed by atoms with van der Waals surface area (Å²) in [4.78, 5) is 26.6. The zero-order chi connectivity index (χ0) is 18.1.